The van der Waals surface area contributed by atoms with Crippen LogP contribution in [0.25, 0.3) is 74.7 Å². The summed E-state index contributed by atoms with van der Waals surface area (Å²) in [6.45, 7) is 0. The van der Waals surface area contributed by atoms with Gasteiger partial charge in [-0.1, -0.05) is 170 Å². The first-order valence-corrected chi connectivity index (χ1v) is 20.6. The maximum atomic E-state index is 2.52. The average molecular weight is 740 g/mol. The molecule has 0 bridgehead atoms. The second kappa shape index (κ2) is 11.5. The zero-order valence-corrected chi connectivity index (χ0v) is 31.7. The van der Waals surface area contributed by atoms with E-state index in [0.717, 1.165) is 5.69 Å². The van der Waals surface area contributed by atoms with Gasteiger partial charge in [-0.05, 0) is 96.4 Å². The molecule has 10 aromatic carbocycles. The summed E-state index contributed by atoms with van der Waals surface area (Å²) in [7, 11) is 0. The van der Waals surface area contributed by atoms with Crippen molar-refractivity contribution in [1.82, 2.24) is 0 Å². The first kappa shape index (κ1) is 31.2. The molecule has 0 aliphatic heterocycles. The summed E-state index contributed by atoms with van der Waals surface area (Å²) in [6, 6.07) is 75.3. The van der Waals surface area contributed by atoms with E-state index in [0.29, 0.717) is 0 Å². The smallest absolute Gasteiger partial charge is 0.0725 e. The Morgan fingerprint density at radius 2 is 0.877 bits per heavy atom. The van der Waals surface area contributed by atoms with Gasteiger partial charge in [0.15, 0.2) is 0 Å². The molecule has 1 atom stereocenters. The molecule has 57 heavy (non-hydrogen) atoms. The zero-order valence-electron chi connectivity index (χ0n) is 30.9. The normalized spacial score (nSPS) is 15.1. The summed E-state index contributed by atoms with van der Waals surface area (Å²) in [5, 5.41) is 10.3. The number of benzene rings is 10. The minimum absolute atomic E-state index is 0.521. The van der Waals surface area contributed by atoms with Gasteiger partial charge < -0.3 is 4.90 Å². The van der Waals surface area contributed by atoms with Gasteiger partial charge in [-0.2, -0.15) is 0 Å². The maximum absolute atomic E-state index is 2.52. The third-order valence-corrected chi connectivity index (χ3v) is 14.0. The van der Waals surface area contributed by atoms with Crippen molar-refractivity contribution in [2.75, 3.05) is 4.90 Å². The predicted molar refractivity (Wildman–Crippen MR) is 243 cm³/mol. The molecule has 264 valence electrons. The summed E-state index contributed by atoms with van der Waals surface area (Å²) < 4.78 is 2.61. The topological polar surface area (TPSA) is 3.24 Å². The van der Waals surface area contributed by atoms with Gasteiger partial charge in [0.1, 0.15) is 0 Å². The SMILES string of the molecule is c1ccc2c(c1)-c1cccc3cccc(c13)C21c2ccccc2-c2ccc(N(c3ccc4c(c3)sc3ccccc34)c3cccc4ccccc34)c3cccc1c23. The van der Waals surface area contributed by atoms with E-state index in [1.165, 1.54) is 108 Å². The molecular formula is C55H33NS. The van der Waals surface area contributed by atoms with Crippen LogP contribution in [0.1, 0.15) is 22.3 Å². The Kier molecular flexibility index (Phi) is 6.31. The molecule has 1 aromatic heterocycles. The summed E-state index contributed by atoms with van der Waals surface area (Å²) in [6.07, 6.45) is 0. The van der Waals surface area contributed by atoms with Gasteiger partial charge in [0.2, 0.25) is 0 Å². The lowest BCUT2D eigenvalue weighted by atomic mass is 9.55. The van der Waals surface area contributed by atoms with Crippen LogP contribution in [0.4, 0.5) is 17.1 Å². The summed E-state index contributed by atoms with van der Waals surface area (Å²) in [4.78, 5) is 2.52. The van der Waals surface area contributed by atoms with Crippen molar-refractivity contribution in [1.29, 1.82) is 0 Å². The van der Waals surface area contributed by atoms with Crippen LogP contribution in [0.5, 0.6) is 0 Å². The van der Waals surface area contributed by atoms with Crippen LogP contribution >= 0.6 is 11.3 Å². The molecule has 0 saturated heterocycles. The van der Waals surface area contributed by atoms with Crippen LogP contribution in [0.15, 0.2) is 200 Å². The number of hydrogen-bond acceptors (Lipinski definition) is 2. The molecule has 1 heterocycles. The molecule has 1 nitrogen and oxygen atoms in total. The molecule has 0 radical (unpaired) electrons. The first-order valence-electron chi connectivity index (χ1n) is 19.8. The molecule has 2 aliphatic rings. The standard InChI is InChI=1S/C55H33NS/c1-2-17-37-34(13-1)14-11-27-49(37)56(36-29-30-41-40-20-5-8-28-51(40)57-52(41)33-36)50-32-31-43-39-19-4-7-24-46(39)55(48-26-12-22-44(50)54(43)48)45-23-6-3-18-38(45)42-21-9-15-35-16-10-25-47(55)53(35)42/h1-33H. The van der Waals surface area contributed by atoms with Crippen molar-refractivity contribution < 1.29 is 0 Å². The van der Waals surface area contributed by atoms with Gasteiger partial charge in [-0.3, -0.25) is 0 Å². The Morgan fingerprint density at radius 3 is 1.72 bits per heavy atom. The zero-order chi connectivity index (χ0) is 37.2. The third kappa shape index (κ3) is 4.07. The van der Waals surface area contributed by atoms with Gasteiger partial charge in [0.25, 0.3) is 0 Å². The van der Waals surface area contributed by atoms with E-state index in [-0.39, 0.29) is 0 Å². The van der Waals surface area contributed by atoms with Crippen LogP contribution in [-0.2, 0) is 5.41 Å². The molecular weight excluding hydrogens is 707 g/mol. The summed E-state index contributed by atoms with van der Waals surface area (Å²) in [5.74, 6) is 0. The van der Waals surface area contributed by atoms with Crippen LogP contribution in [0, 0.1) is 0 Å². The highest BCUT2D eigenvalue weighted by Gasteiger charge is 2.48. The number of anilines is 3. The highest BCUT2D eigenvalue weighted by molar-refractivity contribution is 7.25. The van der Waals surface area contributed by atoms with E-state index in [1.54, 1.807) is 0 Å². The Labute approximate surface area is 334 Å². The Balaban J connectivity index is 1.17. The van der Waals surface area contributed by atoms with Crippen LogP contribution < -0.4 is 4.90 Å². The van der Waals surface area contributed by atoms with Crippen molar-refractivity contribution in [2.24, 2.45) is 0 Å². The van der Waals surface area contributed by atoms with Crippen LogP contribution in [0.2, 0.25) is 0 Å². The summed E-state index contributed by atoms with van der Waals surface area (Å²) >= 11 is 1.87. The molecule has 2 aliphatic carbocycles. The Morgan fingerprint density at radius 1 is 0.333 bits per heavy atom. The number of thiophene rings is 1. The molecule has 0 amide bonds. The van der Waals surface area contributed by atoms with Crippen LogP contribution in [0.3, 0.4) is 0 Å². The van der Waals surface area contributed by atoms with E-state index in [1.807, 2.05) is 11.3 Å². The Bertz CT molecular complexity index is 3490. The van der Waals surface area contributed by atoms with E-state index in [9.17, 15) is 0 Å². The van der Waals surface area contributed by atoms with Crippen molar-refractivity contribution in [3.8, 4) is 22.3 Å². The fourth-order valence-corrected chi connectivity index (χ4v) is 11.8. The quantitative estimate of drug-likeness (QED) is 0.174. The maximum Gasteiger partial charge on any atom is 0.0725 e. The lowest BCUT2D eigenvalue weighted by Gasteiger charge is -2.46. The van der Waals surface area contributed by atoms with Gasteiger partial charge in [0.05, 0.1) is 16.8 Å². The van der Waals surface area contributed by atoms with Gasteiger partial charge in [-0.25, -0.2) is 0 Å². The van der Waals surface area contributed by atoms with Gasteiger partial charge in [0, 0.05) is 36.6 Å². The predicted octanol–water partition coefficient (Wildman–Crippen LogP) is 15.3. The van der Waals surface area contributed by atoms with Crippen molar-refractivity contribution in [3.05, 3.63) is 222 Å². The highest BCUT2D eigenvalue weighted by atomic mass is 32.1. The molecule has 1 spiro atoms. The van der Waals surface area contributed by atoms with E-state index in [2.05, 4.69) is 205 Å². The fourth-order valence-electron chi connectivity index (χ4n) is 10.6. The first-order chi connectivity index (χ1) is 28.3. The summed E-state index contributed by atoms with van der Waals surface area (Å²) in [5.41, 5.74) is 13.5. The van der Waals surface area contributed by atoms with E-state index in [4.69, 9.17) is 0 Å². The van der Waals surface area contributed by atoms with Gasteiger partial charge >= 0.3 is 0 Å². The second-order valence-corrected chi connectivity index (χ2v) is 16.6. The van der Waals surface area contributed by atoms with E-state index >= 15 is 0 Å². The monoisotopic (exact) mass is 739 g/mol. The second-order valence-electron chi connectivity index (χ2n) is 15.5. The molecule has 11 aromatic rings. The molecule has 2 heteroatoms. The fraction of sp³-hybridized carbons (Fsp3) is 0.0182. The molecule has 13 rings (SSSR count). The minimum Gasteiger partial charge on any atom is -0.309 e. The van der Waals surface area contributed by atoms with Gasteiger partial charge in [-0.15, -0.1) is 11.3 Å². The number of fused-ring (bicyclic) bond motifs is 12. The number of hydrogen-bond donors (Lipinski definition) is 0. The largest absolute Gasteiger partial charge is 0.309 e. The number of rotatable bonds is 3. The van der Waals surface area contributed by atoms with Crippen molar-refractivity contribution in [2.45, 2.75) is 5.41 Å². The molecule has 0 fully saturated rings. The van der Waals surface area contributed by atoms with E-state index < -0.39 is 5.41 Å². The highest BCUT2D eigenvalue weighted by Crippen LogP contribution is 2.61. The van der Waals surface area contributed by atoms with Crippen molar-refractivity contribution in [3.63, 3.8) is 0 Å². The minimum atomic E-state index is -0.521. The molecule has 1 unspecified atom stereocenters. The average Bonchev–Trinajstić information content (AvgIpc) is 3.65. The Hall–Kier alpha value is -7.00. The molecule has 0 saturated carbocycles. The van der Waals surface area contributed by atoms with Crippen molar-refractivity contribution >= 4 is 80.9 Å². The lowest BCUT2D eigenvalue weighted by molar-refractivity contribution is 0.754. The van der Waals surface area contributed by atoms with Crippen LogP contribution in [-0.4, -0.2) is 0 Å². The molecule has 0 N–H and O–H groups in total. The third-order valence-electron chi connectivity index (χ3n) is 12.8. The number of nitrogens with zero attached hydrogens (tertiary/aromatic N) is 1. The lowest BCUT2D eigenvalue weighted by Crippen LogP contribution is -2.36.